The van der Waals surface area contributed by atoms with Crippen LogP contribution >= 0.6 is 0 Å². The molecule has 0 aliphatic carbocycles. The van der Waals surface area contributed by atoms with Crippen molar-refractivity contribution in [1.29, 1.82) is 0 Å². The van der Waals surface area contributed by atoms with Crippen LogP contribution in [0.3, 0.4) is 0 Å². The van der Waals surface area contributed by atoms with Crippen molar-refractivity contribution in [2.24, 2.45) is 5.92 Å². The number of nitrogens with zero attached hydrogens (tertiary/aromatic N) is 1. The van der Waals surface area contributed by atoms with Crippen molar-refractivity contribution in [3.63, 3.8) is 0 Å². The van der Waals surface area contributed by atoms with Crippen molar-refractivity contribution in [1.82, 2.24) is 9.03 Å². The van der Waals surface area contributed by atoms with E-state index in [-0.39, 0.29) is 12.3 Å². The van der Waals surface area contributed by atoms with Gasteiger partial charge in [-0.25, -0.2) is 0 Å². The molecule has 1 fully saturated rings. The third-order valence-corrected chi connectivity index (χ3v) is 5.01. The smallest absolute Gasteiger partial charge is 0.279 e. The first kappa shape index (κ1) is 14.3. The molecule has 0 unspecified atom stereocenters. The predicted octanol–water partition coefficient (Wildman–Crippen LogP) is 1.46. The van der Waals surface area contributed by atoms with Crippen molar-refractivity contribution in [3.8, 4) is 5.75 Å². The van der Waals surface area contributed by atoms with Crippen LogP contribution in [0.15, 0.2) is 24.3 Å². The van der Waals surface area contributed by atoms with E-state index in [9.17, 15) is 13.5 Å². The molecule has 0 spiro atoms. The van der Waals surface area contributed by atoms with E-state index < -0.39 is 10.2 Å². The molecule has 5 nitrogen and oxygen atoms in total. The second-order valence-electron chi connectivity index (χ2n) is 5.08. The fourth-order valence-electron chi connectivity index (χ4n) is 2.16. The maximum absolute atomic E-state index is 12.1. The summed E-state index contributed by atoms with van der Waals surface area (Å²) in [5, 5.41) is 9.33. The average molecular weight is 284 g/mol. The molecule has 1 aliphatic heterocycles. The van der Waals surface area contributed by atoms with Crippen LogP contribution in [0.1, 0.15) is 25.3 Å². The van der Waals surface area contributed by atoms with E-state index >= 15 is 0 Å². The second kappa shape index (κ2) is 5.90. The van der Waals surface area contributed by atoms with E-state index in [2.05, 4.69) is 11.6 Å². The quantitative estimate of drug-likeness (QED) is 0.879. The maximum Gasteiger partial charge on any atom is 0.279 e. The Morgan fingerprint density at radius 2 is 2.05 bits per heavy atom. The molecule has 1 heterocycles. The van der Waals surface area contributed by atoms with E-state index in [0.29, 0.717) is 19.0 Å². The highest BCUT2D eigenvalue weighted by Crippen LogP contribution is 2.18. The lowest BCUT2D eigenvalue weighted by Crippen LogP contribution is -2.44. The van der Waals surface area contributed by atoms with Gasteiger partial charge in [0.2, 0.25) is 0 Å². The topological polar surface area (TPSA) is 69.6 Å². The molecule has 1 aliphatic rings. The highest BCUT2D eigenvalue weighted by molar-refractivity contribution is 7.87. The van der Waals surface area contributed by atoms with E-state index in [0.717, 1.165) is 18.4 Å². The van der Waals surface area contributed by atoms with Crippen LogP contribution in [-0.2, 0) is 16.8 Å². The van der Waals surface area contributed by atoms with Gasteiger partial charge in [-0.2, -0.15) is 17.4 Å². The van der Waals surface area contributed by atoms with Gasteiger partial charge in [-0.15, -0.1) is 0 Å². The van der Waals surface area contributed by atoms with Gasteiger partial charge in [-0.1, -0.05) is 19.1 Å². The average Bonchev–Trinajstić information content (AvgIpc) is 2.37. The number of phenols is 1. The molecule has 1 aromatic carbocycles. The van der Waals surface area contributed by atoms with Crippen LogP contribution in [-0.4, -0.2) is 30.9 Å². The summed E-state index contributed by atoms with van der Waals surface area (Å²) in [4.78, 5) is 0. The van der Waals surface area contributed by atoms with Gasteiger partial charge in [0.1, 0.15) is 5.75 Å². The van der Waals surface area contributed by atoms with Crippen molar-refractivity contribution in [2.45, 2.75) is 26.3 Å². The normalized spacial score (nSPS) is 18.6. The molecule has 6 heteroatoms. The van der Waals surface area contributed by atoms with Crippen molar-refractivity contribution < 1.29 is 13.5 Å². The zero-order chi connectivity index (χ0) is 13.9. The fraction of sp³-hybridized carbons (Fsp3) is 0.538. The zero-order valence-electron chi connectivity index (χ0n) is 11.0. The van der Waals surface area contributed by atoms with Crippen molar-refractivity contribution in [2.75, 3.05) is 13.1 Å². The summed E-state index contributed by atoms with van der Waals surface area (Å²) in [6, 6.07) is 6.59. The number of aromatic hydroxyl groups is 1. The van der Waals surface area contributed by atoms with E-state index in [4.69, 9.17) is 0 Å². The van der Waals surface area contributed by atoms with Gasteiger partial charge < -0.3 is 5.11 Å². The van der Waals surface area contributed by atoms with Gasteiger partial charge in [-0.3, -0.25) is 0 Å². The number of benzene rings is 1. The Bertz CT molecular complexity index is 522. The lowest BCUT2D eigenvalue weighted by molar-refractivity contribution is 0.285. The monoisotopic (exact) mass is 284 g/mol. The summed E-state index contributed by atoms with van der Waals surface area (Å²) in [5.74, 6) is 0.737. The summed E-state index contributed by atoms with van der Waals surface area (Å²) in [5.41, 5.74) is 0.744. The minimum Gasteiger partial charge on any atom is -0.508 e. The van der Waals surface area contributed by atoms with E-state index in [1.165, 1.54) is 4.31 Å². The predicted molar refractivity (Wildman–Crippen MR) is 73.8 cm³/mol. The van der Waals surface area contributed by atoms with E-state index in [1.807, 2.05) is 0 Å². The summed E-state index contributed by atoms with van der Waals surface area (Å²) in [6.07, 6.45) is 1.82. The lowest BCUT2D eigenvalue weighted by atomic mass is 10.0. The van der Waals surface area contributed by atoms with Gasteiger partial charge in [0, 0.05) is 19.6 Å². The first-order chi connectivity index (χ1) is 8.97. The Morgan fingerprint density at radius 3 is 2.68 bits per heavy atom. The number of hydrogen-bond donors (Lipinski definition) is 2. The van der Waals surface area contributed by atoms with E-state index in [1.54, 1.807) is 24.3 Å². The largest absolute Gasteiger partial charge is 0.508 e. The van der Waals surface area contributed by atoms with Crippen molar-refractivity contribution >= 4 is 10.2 Å². The fourth-order valence-corrected chi connectivity index (χ4v) is 3.38. The Balaban J connectivity index is 1.94. The molecule has 2 N–H and O–H groups in total. The third-order valence-electron chi connectivity index (χ3n) is 3.45. The molecule has 0 bridgehead atoms. The third kappa shape index (κ3) is 3.92. The molecule has 0 radical (unpaired) electrons. The number of hydrogen-bond acceptors (Lipinski definition) is 3. The summed E-state index contributed by atoms with van der Waals surface area (Å²) in [6.45, 7) is 3.50. The van der Waals surface area contributed by atoms with Gasteiger partial charge in [0.25, 0.3) is 10.2 Å². The standard InChI is InChI=1S/C13H20N2O3S/c1-11-5-7-15(8-6-11)19(17,18)14-10-12-3-2-4-13(16)9-12/h2-4,9,11,14,16H,5-8,10H2,1H3. The number of phenolic OH excluding ortho intramolecular Hbond substituents is 1. The molecule has 0 saturated carbocycles. The van der Waals surface area contributed by atoms with Crippen molar-refractivity contribution in [3.05, 3.63) is 29.8 Å². The minimum atomic E-state index is -3.42. The molecular formula is C13H20N2O3S. The summed E-state index contributed by atoms with van der Waals surface area (Å²) >= 11 is 0. The molecule has 0 aromatic heterocycles. The van der Waals surface area contributed by atoms with Crippen LogP contribution in [0.2, 0.25) is 0 Å². The zero-order valence-corrected chi connectivity index (χ0v) is 11.9. The molecular weight excluding hydrogens is 264 g/mol. The Morgan fingerprint density at radius 1 is 1.37 bits per heavy atom. The minimum absolute atomic E-state index is 0.142. The molecule has 106 valence electrons. The van der Waals surface area contributed by atoms with Gasteiger partial charge in [0.15, 0.2) is 0 Å². The number of piperidine rings is 1. The van der Waals surface area contributed by atoms with Gasteiger partial charge in [0.05, 0.1) is 0 Å². The highest BCUT2D eigenvalue weighted by atomic mass is 32.2. The van der Waals surface area contributed by atoms with Crippen LogP contribution in [0, 0.1) is 5.92 Å². The first-order valence-corrected chi connectivity index (χ1v) is 7.94. The Labute approximate surface area is 114 Å². The maximum atomic E-state index is 12.1. The number of nitrogens with one attached hydrogen (secondary N) is 1. The van der Waals surface area contributed by atoms with Gasteiger partial charge in [-0.05, 0) is 36.5 Å². The molecule has 1 aromatic rings. The summed E-state index contributed by atoms with van der Waals surface area (Å²) < 4.78 is 28.3. The van der Waals surface area contributed by atoms with Crippen LogP contribution in [0.4, 0.5) is 0 Å². The highest BCUT2D eigenvalue weighted by Gasteiger charge is 2.25. The Hall–Kier alpha value is -1.11. The molecule has 0 amide bonds. The van der Waals surface area contributed by atoms with Gasteiger partial charge >= 0.3 is 0 Å². The lowest BCUT2D eigenvalue weighted by Gasteiger charge is -2.29. The molecule has 0 atom stereocenters. The molecule has 19 heavy (non-hydrogen) atoms. The Kier molecular flexibility index (Phi) is 4.44. The first-order valence-electron chi connectivity index (χ1n) is 6.50. The number of rotatable bonds is 4. The van der Waals surface area contributed by atoms with Crippen LogP contribution < -0.4 is 4.72 Å². The van der Waals surface area contributed by atoms with Crippen LogP contribution in [0.25, 0.3) is 0 Å². The molecule has 1 saturated heterocycles. The SMILES string of the molecule is CC1CCN(S(=O)(=O)NCc2cccc(O)c2)CC1. The molecule has 2 rings (SSSR count). The second-order valence-corrected chi connectivity index (χ2v) is 6.83. The summed E-state index contributed by atoms with van der Waals surface area (Å²) in [7, 11) is -3.42. The van der Waals surface area contributed by atoms with Crippen LogP contribution in [0.5, 0.6) is 5.75 Å².